The number of hydrogen-bond donors (Lipinski definition) is 2. The van der Waals surface area contributed by atoms with Gasteiger partial charge in [0.2, 0.25) is 10.0 Å². The molecular weight excluding hydrogens is 374 g/mol. The van der Waals surface area contributed by atoms with Gasteiger partial charge in [-0.3, -0.25) is 19.6 Å². The lowest BCUT2D eigenvalue weighted by molar-refractivity contribution is -0.384. The third-order valence-electron chi connectivity index (χ3n) is 3.33. The Bertz CT molecular complexity index is 895. The van der Waals surface area contributed by atoms with E-state index in [9.17, 15) is 23.3 Å². The molecule has 1 amide bonds. The van der Waals surface area contributed by atoms with Gasteiger partial charge in [0.05, 0.1) is 10.7 Å². The number of carbonyl (C=O) groups excluding carboxylic acids is 1. The quantitative estimate of drug-likeness (QED) is 0.498. The zero-order valence-corrected chi connectivity index (χ0v) is 15.4. The smallest absolute Gasteiger partial charge is 0.269 e. The average molecular weight is 393 g/mol. The van der Waals surface area contributed by atoms with E-state index in [2.05, 4.69) is 10.0 Å². The Balaban J connectivity index is 1.85. The van der Waals surface area contributed by atoms with E-state index in [0.717, 1.165) is 0 Å². The number of sulfonamides is 1. The molecule has 0 radical (unpaired) electrons. The molecule has 0 aliphatic rings. The molecule has 0 fully saturated rings. The molecular formula is C17H19N3O6S. The number of anilines is 2. The summed E-state index contributed by atoms with van der Waals surface area (Å²) < 4.78 is 31.1. The van der Waals surface area contributed by atoms with Crippen LogP contribution in [-0.4, -0.2) is 31.6 Å². The number of nitrogens with one attached hydrogen (secondary N) is 2. The van der Waals surface area contributed by atoms with Crippen LogP contribution in [0.25, 0.3) is 0 Å². The van der Waals surface area contributed by atoms with Crippen LogP contribution in [0.4, 0.5) is 17.1 Å². The van der Waals surface area contributed by atoms with Gasteiger partial charge >= 0.3 is 0 Å². The van der Waals surface area contributed by atoms with Gasteiger partial charge in [-0.1, -0.05) is 6.92 Å². The number of nitro benzene ring substituents is 1. The van der Waals surface area contributed by atoms with Gasteiger partial charge in [-0.15, -0.1) is 0 Å². The normalized spacial score (nSPS) is 10.9. The summed E-state index contributed by atoms with van der Waals surface area (Å²) >= 11 is 0. The van der Waals surface area contributed by atoms with Gasteiger partial charge in [0.1, 0.15) is 5.75 Å². The zero-order chi connectivity index (χ0) is 19.9. The minimum atomic E-state index is -3.37. The van der Waals surface area contributed by atoms with Crippen molar-refractivity contribution in [1.29, 1.82) is 0 Å². The van der Waals surface area contributed by atoms with Crippen molar-refractivity contribution in [3.8, 4) is 5.75 Å². The van der Waals surface area contributed by atoms with Crippen molar-refractivity contribution < 1.29 is 22.9 Å². The predicted octanol–water partition coefficient (Wildman–Crippen LogP) is 2.76. The van der Waals surface area contributed by atoms with Crippen LogP contribution in [0, 0.1) is 10.1 Å². The summed E-state index contributed by atoms with van der Waals surface area (Å²) in [5.41, 5.74) is 0.816. The number of ether oxygens (including phenoxy) is 1. The first-order chi connectivity index (χ1) is 12.8. The molecule has 0 saturated carbocycles. The van der Waals surface area contributed by atoms with E-state index in [4.69, 9.17) is 4.74 Å². The minimum absolute atomic E-state index is 0.0332. The molecule has 0 spiro atoms. The van der Waals surface area contributed by atoms with Crippen LogP contribution in [0.5, 0.6) is 5.75 Å². The molecule has 0 unspecified atom stereocenters. The lowest BCUT2D eigenvalue weighted by Gasteiger charge is -2.09. The van der Waals surface area contributed by atoms with Crippen molar-refractivity contribution in [2.24, 2.45) is 0 Å². The molecule has 0 aliphatic heterocycles. The maximum Gasteiger partial charge on any atom is 0.269 e. The van der Waals surface area contributed by atoms with E-state index >= 15 is 0 Å². The Morgan fingerprint density at radius 2 is 1.67 bits per heavy atom. The molecule has 0 bridgehead atoms. The maximum atomic E-state index is 11.9. The van der Waals surface area contributed by atoms with Gasteiger partial charge in [-0.05, 0) is 42.8 Å². The topological polar surface area (TPSA) is 128 Å². The van der Waals surface area contributed by atoms with Crippen molar-refractivity contribution in [2.45, 2.75) is 13.3 Å². The van der Waals surface area contributed by atoms with Crippen molar-refractivity contribution >= 4 is 33.0 Å². The third-order valence-corrected chi connectivity index (χ3v) is 4.82. The molecule has 27 heavy (non-hydrogen) atoms. The Kier molecular flexibility index (Phi) is 6.72. The first kappa shape index (κ1) is 20.2. The van der Waals surface area contributed by atoms with Crippen molar-refractivity contribution in [3.63, 3.8) is 0 Å². The summed E-state index contributed by atoms with van der Waals surface area (Å²) in [5.74, 6) is -0.0602. The molecule has 9 nitrogen and oxygen atoms in total. The van der Waals surface area contributed by atoms with E-state index in [1.54, 1.807) is 31.2 Å². The van der Waals surface area contributed by atoms with E-state index in [1.807, 2.05) is 0 Å². The van der Waals surface area contributed by atoms with Gasteiger partial charge in [0, 0.05) is 23.5 Å². The van der Waals surface area contributed by atoms with Crippen LogP contribution in [0.2, 0.25) is 0 Å². The second-order valence-electron chi connectivity index (χ2n) is 5.59. The van der Waals surface area contributed by atoms with Gasteiger partial charge in [-0.25, -0.2) is 8.42 Å². The second-order valence-corrected chi connectivity index (χ2v) is 7.43. The Labute approximate surface area is 156 Å². The number of amides is 1. The molecule has 0 aliphatic carbocycles. The second kappa shape index (κ2) is 8.99. The Morgan fingerprint density at radius 1 is 1.07 bits per heavy atom. The van der Waals surface area contributed by atoms with E-state index in [1.165, 1.54) is 24.3 Å². The first-order valence-electron chi connectivity index (χ1n) is 8.07. The van der Waals surface area contributed by atoms with Gasteiger partial charge < -0.3 is 10.1 Å². The summed E-state index contributed by atoms with van der Waals surface area (Å²) in [6, 6.07) is 11.6. The number of nitrogens with zero attached hydrogens (tertiary/aromatic N) is 1. The van der Waals surface area contributed by atoms with Crippen LogP contribution >= 0.6 is 0 Å². The highest BCUT2D eigenvalue weighted by Gasteiger charge is 2.10. The molecule has 2 aromatic rings. The average Bonchev–Trinajstić information content (AvgIpc) is 2.61. The molecule has 2 aromatic carbocycles. The molecule has 0 atom stereocenters. The summed E-state index contributed by atoms with van der Waals surface area (Å²) in [4.78, 5) is 22.0. The largest absolute Gasteiger partial charge is 0.484 e. The number of non-ortho nitro benzene ring substituents is 1. The third kappa shape index (κ3) is 6.59. The van der Waals surface area contributed by atoms with Gasteiger partial charge in [0.15, 0.2) is 6.61 Å². The predicted molar refractivity (Wildman–Crippen MR) is 101 cm³/mol. The summed E-state index contributed by atoms with van der Waals surface area (Å²) in [7, 11) is -3.37. The number of hydrogen-bond acceptors (Lipinski definition) is 6. The molecule has 2 rings (SSSR count). The molecule has 0 aromatic heterocycles. The molecule has 10 heteroatoms. The molecule has 2 N–H and O–H groups in total. The van der Waals surface area contributed by atoms with Gasteiger partial charge in [-0.2, -0.15) is 0 Å². The number of nitro groups is 1. The Hall–Kier alpha value is -3.14. The molecule has 0 heterocycles. The summed E-state index contributed by atoms with van der Waals surface area (Å²) in [6.45, 7) is 1.50. The van der Waals surface area contributed by atoms with Crippen LogP contribution < -0.4 is 14.8 Å². The van der Waals surface area contributed by atoms with Crippen molar-refractivity contribution in [2.75, 3.05) is 22.4 Å². The van der Waals surface area contributed by atoms with Gasteiger partial charge in [0.25, 0.3) is 11.6 Å². The fourth-order valence-electron chi connectivity index (χ4n) is 2.13. The van der Waals surface area contributed by atoms with Crippen LogP contribution in [0.3, 0.4) is 0 Å². The maximum absolute atomic E-state index is 11.9. The number of benzene rings is 2. The van der Waals surface area contributed by atoms with Crippen molar-refractivity contribution in [3.05, 3.63) is 58.6 Å². The highest BCUT2D eigenvalue weighted by molar-refractivity contribution is 7.92. The summed E-state index contributed by atoms with van der Waals surface area (Å²) in [6.07, 6.45) is 0.512. The molecule has 0 saturated heterocycles. The van der Waals surface area contributed by atoms with E-state index < -0.39 is 20.9 Å². The monoisotopic (exact) mass is 393 g/mol. The fraction of sp³-hybridized carbons (Fsp3) is 0.235. The molecule has 144 valence electrons. The number of rotatable bonds is 9. The fourth-order valence-corrected chi connectivity index (χ4v) is 3.27. The Morgan fingerprint density at radius 3 is 2.22 bits per heavy atom. The van der Waals surface area contributed by atoms with E-state index in [-0.39, 0.29) is 18.0 Å². The van der Waals surface area contributed by atoms with Crippen LogP contribution in [-0.2, 0) is 14.8 Å². The highest BCUT2D eigenvalue weighted by Crippen LogP contribution is 2.18. The number of carbonyl (C=O) groups is 1. The highest BCUT2D eigenvalue weighted by atomic mass is 32.2. The van der Waals surface area contributed by atoms with Crippen LogP contribution in [0.15, 0.2) is 48.5 Å². The standard InChI is InChI=1S/C17H19N3O6S/c1-2-11-27(24,25)19-14-5-3-13(4-6-14)18-17(21)12-26-16-9-7-15(8-10-16)20(22)23/h3-10,19H,2,11-12H2,1H3,(H,18,21). The summed E-state index contributed by atoms with van der Waals surface area (Å²) in [5, 5.41) is 13.2. The van der Waals surface area contributed by atoms with Crippen LogP contribution in [0.1, 0.15) is 13.3 Å². The lowest BCUT2D eigenvalue weighted by Crippen LogP contribution is -2.20. The lowest BCUT2D eigenvalue weighted by atomic mass is 10.3. The first-order valence-corrected chi connectivity index (χ1v) is 9.72. The van der Waals surface area contributed by atoms with Crippen molar-refractivity contribution in [1.82, 2.24) is 0 Å². The van der Waals surface area contributed by atoms with E-state index in [0.29, 0.717) is 23.5 Å². The minimum Gasteiger partial charge on any atom is -0.484 e. The zero-order valence-electron chi connectivity index (χ0n) is 14.5. The SMILES string of the molecule is CCCS(=O)(=O)Nc1ccc(NC(=O)COc2ccc([N+](=O)[O-])cc2)cc1.